The molecule has 0 saturated carbocycles. The first kappa shape index (κ1) is 19.6. The number of nitrogens with one attached hydrogen (secondary N) is 2. The van der Waals surface area contributed by atoms with Gasteiger partial charge in [-0.15, -0.1) is 0 Å². The maximum Gasteiger partial charge on any atom is 0.191 e. The third kappa shape index (κ3) is 5.69. The highest BCUT2D eigenvalue weighted by atomic mass is 16.5. The second-order valence-corrected chi connectivity index (χ2v) is 6.12. The first-order valence-corrected chi connectivity index (χ1v) is 8.88. The van der Waals surface area contributed by atoms with Crippen molar-refractivity contribution >= 4 is 5.96 Å². The van der Waals surface area contributed by atoms with Gasteiger partial charge in [-0.05, 0) is 41.7 Å². The van der Waals surface area contributed by atoms with Gasteiger partial charge in [-0.3, -0.25) is 4.99 Å². The molecule has 2 aromatic carbocycles. The average molecular weight is 355 g/mol. The molecule has 1 atom stereocenters. The third-order valence-corrected chi connectivity index (χ3v) is 4.34. The van der Waals surface area contributed by atoms with E-state index in [9.17, 15) is 0 Å². The lowest BCUT2D eigenvalue weighted by molar-refractivity contribution is 0.398. The predicted molar refractivity (Wildman–Crippen MR) is 107 cm³/mol. The molecule has 0 saturated heterocycles. The van der Waals surface area contributed by atoms with Gasteiger partial charge in [0.15, 0.2) is 5.96 Å². The van der Waals surface area contributed by atoms with Gasteiger partial charge < -0.3 is 20.1 Å². The van der Waals surface area contributed by atoms with E-state index < -0.39 is 0 Å². The summed E-state index contributed by atoms with van der Waals surface area (Å²) in [6.45, 7) is 3.78. The molecule has 0 aliphatic rings. The summed E-state index contributed by atoms with van der Waals surface area (Å²) in [5.74, 6) is 2.91. The highest BCUT2D eigenvalue weighted by molar-refractivity contribution is 5.79. The van der Waals surface area contributed by atoms with E-state index >= 15 is 0 Å². The van der Waals surface area contributed by atoms with Crippen LogP contribution in [-0.4, -0.2) is 40.3 Å². The third-order valence-electron chi connectivity index (χ3n) is 4.34. The van der Waals surface area contributed by atoms with Crippen LogP contribution >= 0.6 is 0 Å². The summed E-state index contributed by atoms with van der Waals surface area (Å²) in [6, 6.07) is 16.3. The van der Waals surface area contributed by atoms with Crippen molar-refractivity contribution in [2.24, 2.45) is 4.99 Å². The van der Waals surface area contributed by atoms with Crippen molar-refractivity contribution in [3.63, 3.8) is 0 Å². The molecule has 0 fully saturated rings. The van der Waals surface area contributed by atoms with Crippen molar-refractivity contribution in [1.82, 2.24) is 10.6 Å². The normalized spacial score (nSPS) is 12.4. The van der Waals surface area contributed by atoms with E-state index in [2.05, 4.69) is 46.8 Å². The van der Waals surface area contributed by atoms with Gasteiger partial charge >= 0.3 is 0 Å². The molecule has 140 valence electrons. The second-order valence-electron chi connectivity index (χ2n) is 6.12. The van der Waals surface area contributed by atoms with Gasteiger partial charge in [0.25, 0.3) is 0 Å². The fourth-order valence-corrected chi connectivity index (χ4v) is 2.76. The molecule has 0 aliphatic heterocycles. The van der Waals surface area contributed by atoms with Gasteiger partial charge in [-0.2, -0.15) is 0 Å². The van der Waals surface area contributed by atoms with Gasteiger partial charge in [-0.1, -0.05) is 37.3 Å². The zero-order valence-corrected chi connectivity index (χ0v) is 16.1. The van der Waals surface area contributed by atoms with Gasteiger partial charge in [-0.25, -0.2) is 0 Å². The quantitative estimate of drug-likeness (QED) is 0.564. The smallest absolute Gasteiger partial charge is 0.191 e. The Balaban J connectivity index is 1.84. The predicted octanol–water partition coefficient (Wildman–Crippen LogP) is 3.22. The van der Waals surface area contributed by atoms with Crippen LogP contribution in [0.25, 0.3) is 0 Å². The number of nitrogens with zero attached hydrogens (tertiary/aromatic N) is 1. The lowest BCUT2D eigenvalue weighted by Gasteiger charge is -2.17. The molecule has 0 bridgehead atoms. The summed E-state index contributed by atoms with van der Waals surface area (Å²) in [5, 5.41) is 6.74. The average Bonchev–Trinajstić information content (AvgIpc) is 2.70. The zero-order valence-electron chi connectivity index (χ0n) is 16.1. The van der Waals surface area contributed by atoms with E-state index in [1.807, 2.05) is 24.3 Å². The Morgan fingerprint density at radius 1 is 1.04 bits per heavy atom. The van der Waals surface area contributed by atoms with Gasteiger partial charge in [0.1, 0.15) is 11.5 Å². The highest BCUT2D eigenvalue weighted by Gasteiger charge is 2.08. The maximum atomic E-state index is 5.43. The summed E-state index contributed by atoms with van der Waals surface area (Å²) in [5.41, 5.74) is 2.42. The maximum absolute atomic E-state index is 5.43. The lowest BCUT2D eigenvalue weighted by Crippen LogP contribution is -2.39. The lowest BCUT2D eigenvalue weighted by atomic mass is 10.0. The summed E-state index contributed by atoms with van der Waals surface area (Å²) in [4.78, 5) is 4.30. The largest absolute Gasteiger partial charge is 0.497 e. The minimum atomic E-state index is 0.410. The molecule has 5 nitrogen and oxygen atoms in total. The highest BCUT2D eigenvalue weighted by Crippen LogP contribution is 2.24. The monoisotopic (exact) mass is 355 g/mol. The van der Waals surface area contributed by atoms with E-state index in [1.54, 1.807) is 21.3 Å². The van der Waals surface area contributed by atoms with Crippen LogP contribution in [0.5, 0.6) is 11.5 Å². The first-order valence-electron chi connectivity index (χ1n) is 8.88. The molecule has 0 radical (unpaired) electrons. The molecular formula is C21H29N3O2. The van der Waals surface area contributed by atoms with Crippen LogP contribution in [0, 0.1) is 0 Å². The minimum absolute atomic E-state index is 0.410. The summed E-state index contributed by atoms with van der Waals surface area (Å²) >= 11 is 0. The van der Waals surface area contributed by atoms with E-state index in [-0.39, 0.29) is 0 Å². The van der Waals surface area contributed by atoms with Crippen molar-refractivity contribution < 1.29 is 9.47 Å². The molecule has 0 spiro atoms. The van der Waals surface area contributed by atoms with Gasteiger partial charge in [0, 0.05) is 20.1 Å². The topological polar surface area (TPSA) is 54.9 Å². The fourth-order valence-electron chi connectivity index (χ4n) is 2.76. The minimum Gasteiger partial charge on any atom is -0.497 e. The molecule has 2 N–H and O–H groups in total. The van der Waals surface area contributed by atoms with Crippen LogP contribution in [0.4, 0.5) is 0 Å². The van der Waals surface area contributed by atoms with Crippen molar-refractivity contribution in [3.05, 3.63) is 59.7 Å². The standard InChI is InChI=1S/C21H29N3O2/c1-16(17-8-6-5-7-9-17)15-24-21(22-2)23-13-12-18-14-19(25-3)10-11-20(18)26-4/h5-11,14,16H,12-13,15H2,1-4H3,(H2,22,23,24). The number of aliphatic imine (C=N–C) groups is 1. The van der Waals surface area contributed by atoms with Crippen LogP contribution in [-0.2, 0) is 6.42 Å². The van der Waals surface area contributed by atoms with E-state index in [0.29, 0.717) is 5.92 Å². The molecule has 0 aromatic heterocycles. The van der Waals surface area contributed by atoms with Crippen LogP contribution in [0.15, 0.2) is 53.5 Å². The molecular weight excluding hydrogens is 326 g/mol. The number of hydrogen-bond acceptors (Lipinski definition) is 3. The van der Waals surface area contributed by atoms with Gasteiger partial charge in [0.2, 0.25) is 0 Å². The van der Waals surface area contributed by atoms with Crippen molar-refractivity contribution in [2.75, 3.05) is 34.4 Å². The first-order chi connectivity index (χ1) is 12.7. The van der Waals surface area contributed by atoms with E-state index in [1.165, 1.54) is 5.56 Å². The zero-order chi connectivity index (χ0) is 18.8. The number of ether oxygens (including phenoxy) is 2. The SMILES string of the molecule is CN=C(NCCc1cc(OC)ccc1OC)NCC(C)c1ccccc1. The molecule has 2 aromatic rings. The molecule has 26 heavy (non-hydrogen) atoms. The Bertz CT molecular complexity index is 702. The van der Waals surface area contributed by atoms with Crippen LogP contribution in [0.3, 0.4) is 0 Å². The fraction of sp³-hybridized carbons (Fsp3) is 0.381. The summed E-state index contributed by atoms with van der Waals surface area (Å²) in [6.07, 6.45) is 0.815. The number of guanidine groups is 1. The Labute approximate surface area is 156 Å². The van der Waals surface area contributed by atoms with Crippen molar-refractivity contribution in [1.29, 1.82) is 0 Å². The number of methoxy groups -OCH3 is 2. The Hall–Kier alpha value is -2.69. The van der Waals surface area contributed by atoms with Crippen molar-refractivity contribution in [2.45, 2.75) is 19.3 Å². The number of benzene rings is 2. The van der Waals surface area contributed by atoms with Crippen LogP contribution in [0.1, 0.15) is 24.0 Å². The molecule has 2 rings (SSSR count). The Morgan fingerprint density at radius 3 is 2.46 bits per heavy atom. The number of hydrogen-bond donors (Lipinski definition) is 2. The Morgan fingerprint density at radius 2 is 1.81 bits per heavy atom. The van der Waals surface area contributed by atoms with Crippen LogP contribution in [0.2, 0.25) is 0 Å². The molecule has 0 amide bonds. The van der Waals surface area contributed by atoms with E-state index in [0.717, 1.165) is 42.5 Å². The summed E-state index contributed by atoms with van der Waals surface area (Å²) < 4.78 is 10.7. The molecule has 0 aliphatic carbocycles. The van der Waals surface area contributed by atoms with Gasteiger partial charge in [0.05, 0.1) is 14.2 Å². The Kier molecular flexibility index (Phi) is 7.80. The van der Waals surface area contributed by atoms with Crippen molar-refractivity contribution in [3.8, 4) is 11.5 Å². The second kappa shape index (κ2) is 10.3. The molecule has 5 heteroatoms. The molecule has 1 unspecified atom stereocenters. The van der Waals surface area contributed by atoms with E-state index in [4.69, 9.17) is 9.47 Å². The molecule has 0 heterocycles. The van der Waals surface area contributed by atoms with Crippen LogP contribution < -0.4 is 20.1 Å². The summed E-state index contributed by atoms with van der Waals surface area (Å²) in [7, 11) is 5.14. The number of rotatable bonds is 8.